The first-order valence-corrected chi connectivity index (χ1v) is 12.3. The summed E-state index contributed by atoms with van der Waals surface area (Å²) in [5.41, 5.74) is 2.18. The zero-order valence-corrected chi connectivity index (χ0v) is 20.5. The number of phenols is 1. The first-order chi connectivity index (χ1) is 15.9. The molecule has 10 nitrogen and oxygen atoms in total. The molecule has 0 aliphatic carbocycles. The summed E-state index contributed by atoms with van der Waals surface area (Å²) >= 11 is 0. The summed E-state index contributed by atoms with van der Waals surface area (Å²) in [4.78, 5) is 48.3. The van der Waals surface area contributed by atoms with Crippen LogP contribution in [0.2, 0.25) is 0 Å². The first-order valence-electron chi connectivity index (χ1n) is 10.7. The van der Waals surface area contributed by atoms with Gasteiger partial charge in [0.2, 0.25) is 11.8 Å². The van der Waals surface area contributed by atoms with Crippen molar-refractivity contribution in [2.45, 2.75) is 38.3 Å². The fourth-order valence-corrected chi connectivity index (χ4v) is 3.09. The molecule has 0 aromatic heterocycles. The fraction of sp³-hybridized carbons (Fsp3) is 0.391. The summed E-state index contributed by atoms with van der Waals surface area (Å²) in [6.45, 7) is 2.31. The molecule has 2 aromatic rings. The second-order valence-corrected chi connectivity index (χ2v) is 8.76. The van der Waals surface area contributed by atoms with E-state index in [4.69, 9.17) is 19.2 Å². The van der Waals surface area contributed by atoms with E-state index in [0.717, 1.165) is 18.4 Å². The van der Waals surface area contributed by atoms with E-state index in [2.05, 4.69) is 22.8 Å². The minimum atomic E-state index is -4.64. The maximum atomic E-state index is 12.8. The van der Waals surface area contributed by atoms with Gasteiger partial charge >= 0.3 is 7.82 Å². The molecule has 11 heteroatoms. The molecule has 0 unspecified atom stereocenters. The second-order valence-electron chi connectivity index (χ2n) is 7.73. The average molecular weight is 496 g/mol. The Labute approximate surface area is 199 Å². The van der Waals surface area contributed by atoms with Crippen molar-refractivity contribution in [2.24, 2.45) is 0 Å². The lowest BCUT2D eigenvalue weighted by Crippen LogP contribution is -2.52. The molecule has 2 aromatic carbocycles. The molecule has 0 aliphatic heterocycles. The molecular weight excluding hydrogens is 461 g/mol. The van der Waals surface area contributed by atoms with E-state index in [0.29, 0.717) is 13.0 Å². The van der Waals surface area contributed by atoms with Gasteiger partial charge in [0.15, 0.2) is 0 Å². The lowest BCUT2D eigenvalue weighted by Gasteiger charge is -2.28. The van der Waals surface area contributed by atoms with Crippen LogP contribution in [0.4, 0.5) is 0 Å². The quantitative estimate of drug-likeness (QED) is 0.212. The van der Waals surface area contributed by atoms with Crippen LogP contribution >= 0.6 is 7.82 Å². The summed E-state index contributed by atoms with van der Waals surface area (Å²) in [7, 11) is -1.26. The van der Waals surface area contributed by atoms with Crippen LogP contribution in [0.25, 0.3) is 0 Å². The molecule has 0 fully saturated rings. The van der Waals surface area contributed by atoms with Gasteiger partial charge in [0, 0.05) is 13.6 Å². The molecule has 0 radical (unpaired) electrons. The number of carbonyl (C=O) groups is 2. The topological polar surface area (TPSA) is 159 Å². The molecule has 0 saturated heterocycles. The maximum Gasteiger partial charge on any atom is 0.466 e. The van der Waals surface area contributed by atoms with E-state index in [1.807, 2.05) is 18.2 Å². The molecule has 2 rings (SSSR count). The Hall–Kier alpha value is -2.75. The van der Waals surface area contributed by atoms with Gasteiger partial charge in [0.05, 0.1) is 6.04 Å². The molecule has 0 heterocycles. The Bertz CT molecular complexity index is 927. The number of rotatable bonds is 10. The van der Waals surface area contributed by atoms with Crippen molar-refractivity contribution in [3.05, 3.63) is 65.7 Å². The van der Waals surface area contributed by atoms with Crippen LogP contribution in [0.3, 0.4) is 0 Å². The molecule has 34 heavy (non-hydrogen) atoms. The Kier molecular flexibility index (Phi) is 12.5. The zero-order chi connectivity index (χ0) is 25.7. The number of hydrogen-bond acceptors (Lipinski definition) is 5. The molecular formula is C23H34N3O7P. The van der Waals surface area contributed by atoms with Crippen molar-refractivity contribution in [1.29, 1.82) is 0 Å². The monoisotopic (exact) mass is 495 g/mol. The number of amides is 2. The number of benzene rings is 2. The summed E-state index contributed by atoms with van der Waals surface area (Å²) in [5, 5.41) is 15.3. The van der Waals surface area contributed by atoms with Gasteiger partial charge in [-0.15, -0.1) is 0 Å². The van der Waals surface area contributed by atoms with E-state index >= 15 is 0 Å². The van der Waals surface area contributed by atoms with Crippen LogP contribution in [0.1, 0.15) is 24.5 Å². The smallest absolute Gasteiger partial charge is 0.466 e. The lowest BCUT2D eigenvalue weighted by atomic mass is 10.0. The average Bonchev–Trinajstić information content (AvgIpc) is 2.79. The molecule has 188 valence electrons. The van der Waals surface area contributed by atoms with Crippen LogP contribution in [-0.2, 0) is 27.0 Å². The standard InChI is InChI=1S/C23H31N3O3.H3O4P/c1-17(22(28)25-15-7-10-18-8-5-4-6-9-18)26(3)23(29)21(24-2)16-19-11-13-20(27)14-12-19;1-5(2,3)4/h4-6,8-9,11-14,17,21,24,27H,7,10,15-16H2,1-3H3,(H,25,28);(H3,1,2,3,4)/t17-,21+;/m1./s1. The highest BCUT2D eigenvalue weighted by atomic mass is 31.2. The van der Waals surface area contributed by atoms with Crippen LogP contribution in [-0.4, -0.2) is 69.2 Å². The summed E-state index contributed by atoms with van der Waals surface area (Å²) in [5.74, 6) is -0.114. The normalized spacial score (nSPS) is 12.6. The van der Waals surface area contributed by atoms with Gasteiger partial charge < -0.3 is 35.3 Å². The van der Waals surface area contributed by atoms with Crippen LogP contribution in [0.15, 0.2) is 54.6 Å². The zero-order valence-electron chi connectivity index (χ0n) is 19.6. The third kappa shape index (κ3) is 11.9. The molecule has 6 N–H and O–H groups in total. The number of carbonyl (C=O) groups excluding carboxylic acids is 2. The number of hydrogen-bond donors (Lipinski definition) is 6. The number of aryl methyl sites for hydroxylation is 1. The van der Waals surface area contributed by atoms with Gasteiger partial charge in [0.1, 0.15) is 11.8 Å². The highest BCUT2D eigenvalue weighted by Crippen LogP contribution is 2.25. The highest BCUT2D eigenvalue weighted by Gasteiger charge is 2.27. The first kappa shape index (κ1) is 29.3. The van der Waals surface area contributed by atoms with E-state index in [1.165, 1.54) is 10.5 Å². The van der Waals surface area contributed by atoms with Crippen molar-refractivity contribution in [1.82, 2.24) is 15.5 Å². The van der Waals surface area contributed by atoms with Crippen LogP contribution in [0, 0.1) is 0 Å². The summed E-state index contributed by atoms with van der Waals surface area (Å²) in [6, 6.07) is 15.9. The molecule has 0 aliphatic rings. The molecule has 2 amide bonds. The van der Waals surface area contributed by atoms with Crippen molar-refractivity contribution in [2.75, 3.05) is 20.6 Å². The Morgan fingerprint density at radius 3 is 2.09 bits per heavy atom. The number of nitrogens with zero attached hydrogens (tertiary/aromatic N) is 1. The largest absolute Gasteiger partial charge is 0.508 e. The van der Waals surface area contributed by atoms with Gasteiger partial charge in [0.25, 0.3) is 0 Å². The summed E-state index contributed by atoms with van der Waals surface area (Å²) < 4.78 is 8.88. The maximum absolute atomic E-state index is 12.8. The number of nitrogens with one attached hydrogen (secondary N) is 2. The van der Waals surface area contributed by atoms with Crippen molar-refractivity contribution < 1.29 is 33.9 Å². The third-order valence-electron chi connectivity index (χ3n) is 5.12. The number of phenolic OH excluding ortho intramolecular Hbond substituents is 1. The molecule has 0 spiro atoms. The van der Waals surface area contributed by atoms with Gasteiger partial charge in [-0.05, 0) is 56.5 Å². The van der Waals surface area contributed by atoms with E-state index in [1.54, 1.807) is 45.3 Å². The van der Waals surface area contributed by atoms with E-state index in [-0.39, 0.29) is 17.6 Å². The summed E-state index contributed by atoms with van der Waals surface area (Å²) in [6.07, 6.45) is 2.23. The Morgan fingerprint density at radius 1 is 1.00 bits per heavy atom. The Morgan fingerprint density at radius 2 is 1.56 bits per heavy atom. The predicted molar refractivity (Wildman–Crippen MR) is 129 cm³/mol. The number of phosphoric acid groups is 1. The van der Waals surface area contributed by atoms with Gasteiger partial charge in [-0.3, -0.25) is 9.59 Å². The van der Waals surface area contributed by atoms with Crippen LogP contribution < -0.4 is 10.6 Å². The number of aromatic hydroxyl groups is 1. The second kappa shape index (κ2) is 14.5. The van der Waals surface area contributed by atoms with Gasteiger partial charge in [-0.25, -0.2) is 4.57 Å². The van der Waals surface area contributed by atoms with Gasteiger partial charge in [-0.2, -0.15) is 0 Å². The lowest BCUT2D eigenvalue weighted by molar-refractivity contribution is -0.139. The molecule has 0 saturated carbocycles. The Balaban J connectivity index is 0.00000104. The van der Waals surface area contributed by atoms with Crippen molar-refractivity contribution in [3.63, 3.8) is 0 Å². The van der Waals surface area contributed by atoms with E-state index in [9.17, 15) is 14.7 Å². The van der Waals surface area contributed by atoms with Crippen molar-refractivity contribution in [3.8, 4) is 5.75 Å². The van der Waals surface area contributed by atoms with Gasteiger partial charge in [-0.1, -0.05) is 42.5 Å². The van der Waals surface area contributed by atoms with E-state index < -0.39 is 19.9 Å². The molecule has 0 bridgehead atoms. The third-order valence-corrected chi connectivity index (χ3v) is 5.12. The minimum Gasteiger partial charge on any atom is -0.508 e. The highest BCUT2D eigenvalue weighted by molar-refractivity contribution is 7.45. The molecule has 2 atom stereocenters. The SMILES string of the molecule is CN[C@@H](Cc1ccc(O)cc1)C(=O)N(C)[C@H](C)C(=O)NCCCc1ccccc1.O=P(O)(O)O. The minimum absolute atomic E-state index is 0.146. The predicted octanol–water partition coefficient (Wildman–Crippen LogP) is 1.19. The van der Waals surface area contributed by atoms with Crippen LogP contribution in [0.5, 0.6) is 5.75 Å². The number of likely N-dealkylation sites (N-methyl/N-ethyl adjacent to an activating group) is 2. The van der Waals surface area contributed by atoms with Crippen molar-refractivity contribution >= 4 is 19.6 Å². The fourth-order valence-electron chi connectivity index (χ4n) is 3.09.